The van der Waals surface area contributed by atoms with Gasteiger partial charge in [-0.1, -0.05) is 35.3 Å². The first-order chi connectivity index (χ1) is 9.72. The zero-order chi connectivity index (χ0) is 13.9. The lowest BCUT2D eigenvalue weighted by Gasteiger charge is -2.03. The van der Waals surface area contributed by atoms with Crippen LogP contribution in [0.25, 0.3) is 22.5 Å². The Morgan fingerprint density at radius 3 is 1.50 bits per heavy atom. The number of halogens is 2. The van der Waals surface area contributed by atoms with Crippen molar-refractivity contribution in [3.8, 4) is 22.5 Å². The Kier molecular flexibility index (Phi) is 3.68. The van der Waals surface area contributed by atoms with E-state index in [9.17, 15) is 0 Å². The minimum Gasteiger partial charge on any atom is -0.236 e. The van der Waals surface area contributed by atoms with E-state index in [-0.39, 0.29) is 0 Å². The molecule has 1 aromatic heterocycles. The van der Waals surface area contributed by atoms with Crippen LogP contribution in [0.15, 0.2) is 60.9 Å². The van der Waals surface area contributed by atoms with Crippen LogP contribution in [-0.4, -0.2) is 9.97 Å². The van der Waals surface area contributed by atoms with Crippen molar-refractivity contribution in [2.24, 2.45) is 0 Å². The van der Waals surface area contributed by atoms with Gasteiger partial charge in [0.05, 0.1) is 0 Å². The van der Waals surface area contributed by atoms with Crippen molar-refractivity contribution >= 4 is 23.2 Å². The lowest BCUT2D eigenvalue weighted by Crippen LogP contribution is -1.89. The van der Waals surface area contributed by atoms with Crippen molar-refractivity contribution in [3.05, 3.63) is 71.0 Å². The van der Waals surface area contributed by atoms with Crippen molar-refractivity contribution in [1.29, 1.82) is 0 Å². The summed E-state index contributed by atoms with van der Waals surface area (Å²) in [7, 11) is 0. The molecule has 0 atom stereocenters. The van der Waals surface area contributed by atoms with E-state index in [4.69, 9.17) is 23.2 Å². The molecule has 0 amide bonds. The molecule has 0 unspecified atom stereocenters. The molecule has 4 heteroatoms. The summed E-state index contributed by atoms with van der Waals surface area (Å²) in [4.78, 5) is 8.78. The predicted molar refractivity (Wildman–Crippen MR) is 82.9 cm³/mol. The van der Waals surface area contributed by atoms with Crippen molar-refractivity contribution in [2.45, 2.75) is 0 Å². The van der Waals surface area contributed by atoms with Crippen molar-refractivity contribution in [2.75, 3.05) is 0 Å². The van der Waals surface area contributed by atoms with E-state index in [0.717, 1.165) is 16.7 Å². The van der Waals surface area contributed by atoms with Crippen LogP contribution >= 0.6 is 23.2 Å². The van der Waals surface area contributed by atoms with Crippen LogP contribution in [0.1, 0.15) is 0 Å². The molecule has 0 N–H and O–H groups in total. The molecule has 0 bridgehead atoms. The van der Waals surface area contributed by atoms with Gasteiger partial charge in [-0.05, 0) is 42.0 Å². The van der Waals surface area contributed by atoms with Gasteiger partial charge in [0.2, 0.25) is 0 Å². The van der Waals surface area contributed by atoms with Gasteiger partial charge in [-0.25, -0.2) is 9.97 Å². The summed E-state index contributed by atoms with van der Waals surface area (Å²) in [5, 5.41) is 1.42. The largest absolute Gasteiger partial charge is 0.236 e. The zero-order valence-corrected chi connectivity index (χ0v) is 11.9. The van der Waals surface area contributed by atoms with Crippen LogP contribution in [-0.2, 0) is 0 Å². The van der Waals surface area contributed by atoms with Gasteiger partial charge < -0.3 is 0 Å². The molecular formula is C16H10Cl2N2. The third kappa shape index (κ3) is 2.82. The molecule has 0 spiro atoms. The molecule has 0 aliphatic rings. The summed E-state index contributed by atoms with van der Waals surface area (Å²) >= 11 is 11.7. The fourth-order valence-corrected chi connectivity index (χ4v) is 2.12. The molecular weight excluding hydrogens is 291 g/mol. The maximum Gasteiger partial charge on any atom is 0.159 e. The van der Waals surface area contributed by atoms with Crippen LogP contribution in [0.3, 0.4) is 0 Å². The first-order valence-corrected chi connectivity index (χ1v) is 6.82. The molecule has 1 heterocycles. The van der Waals surface area contributed by atoms with Gasteiger partial charge in [-0.2, -0.15) is 0 Å². The molecule has 2 aromatic carbocycles. The fourth-order valence-electron chi connectivity index (χ4n) is 1.87. The quantitative estimate of drug-likeness (QED) is 0.656. The van der Waals surface area contributed by atoms with E-state index >= 15 is 0 Å². The van der Waals surface area contributed by atoms with Crippen LogP contribution in [0.5, 0.6) is 0 Å². The zero-order valence-electron chi connectivity index (χ0n) is 10.4. The average Bonchev–Trinajstić information content (AvgIpc) is 2.49. The van der Waals surface area contributed by atoms with E-state index in [1.165, 1.54) is 0 Å². The van der Waals surface area contributed by atoms with Gasteiger partial charge in [-0.3, -0.25) is 0 Å². The highest BCUT2D eigenvalue weighted by Gasteiger charge is 2.03. The van der Waals surface area contributed by atoms with Crippen LogP contribution in [0, 0.1) is 0 Å². The summed E-state index contributed by atoms with van der Waals surface area (Å²) in [6.07, 6.45) is 3.61. The molecule has 20 heavy (non-hydrogen) atoms. The highest BCUT2D eigenvalue weighted by atomic mass is 35.5. The molecule has 0 radical (unpaired) electrons. The number of rotatable bonds is 2. The molecule has 0 saturated heterocycles. The van der Waals surface area contributed by atoms with Crippen molar-refractivity contribution in [3.63, 3.8) is 0 Å². The Balaban J connectivity index is 1.91. The van der Waals surface area contributed by atoms with Gasteiger partial charge in [0.15, 0.2) is 5.82 Å². The molecule has 98 valence electrons. The Morgan fingerprint density at radius 2 is 1.00 bits per heavy atom. The van der Waals surface area contributed by atoms with Crippen molar-refractivity contribution < 1.29 is 0 Å². The molecule has 0 aliphatic carbocycles. The first kappa shape index (κ1) is 13.1. The fraction of sp³-hybridized carbons (Fsp3) is 0. The van der Waals surface area contributed by atoms with Gasteiger partial charge in [0.1, 0.15) is 0 Å². The summed E-state index contributed by atoms with van der Waals surface area (Å²) in [6.45, 7) is 0. The lowest BCUT2D eigenvalue weighted by molar-refractivity contribution is 1.18. The number of nitrogens with zero attached hydrogens (tertiary/aromatic N) is 2. The Labute approximate surface area is 127 Å². The van der Waals surface area contributed by atoms with Gasteiger partial charge in [0.25, 0.3) is 0 Å². The second kappa shape index (κ2) is 5.61. The molecule has 3 aromatic rings. The predicted octanol–water partition coefficient (Wildman–Crippen LogP) is 5.12. The van der Waals surface area contributed by atoms with Crippen LogP contribution in [0.2, 0.25) is 10.0 Å². The highest BCUT2D eigenvalue weighted by molar-refractivity contribution is 6.30. The van der Waals surface area contributed by atoms with E-state index in [2.05, 4.69) is 9.97 Å². The lowest BCUT2D eigenvalue weighted by atomic mass is 10.1. The Hall–Kier alpha value is -1.90. The van der Waals surface area contributed by atoms with Gasteiger partial charge in [-0.15, -0.1) is 0 Å². The minimum absolute atomic E-state index is 0.680. The van der Waals surface area contributed by atoms with E-state index in [0.29, 0.717) is 15.9 Å². The van der Waals surface area contributed by atoms with Gasteiger partial charge in [0, 0.05) is 33.6 Å². The second-order valence-corrected chi connectivity index (χ2v) is 5.18. The summed E-state index contributed by atoms with van der Waals surface area (Å²) in [5.41, 5.74) is 2.94. The van der Waals surface area contributed by atoms with Crippen LogP contribution < -0.4 is 0 Å². The molecule has 3 rings (SSSR count). The monoisotopic (exact) mass is 300 g/mol. The first-order valence-electron chi connectivity index (χ1n) is 6.06. The number of hydrogen-bond acceptors (Lipinski definition) is 2. The Bertz CT molecular complexity index is 640. The standard InChI is InChI=1S/C16H10Cl2N2/c17-14-5-1-11(2-6-14)13-9-19-16(20-10-13)12-3-7-15(18)8-4-12/h1-10H. The molecule has 0 saturated carbocycles. The molecule has 2 nitrogen and oxygen atoms in total. The average molecular weight is 301 g/mol. The van der Waals surface area contributed by atoms with Crippen LogP contribution in [0.4, 0.5) is 0 Å². The third-order valence-electron chi connectivity index (χ3n) is 2.93. The summed E-state index contributed by atoms with van der Waals surface area (Å²) in [6, 6.07) is 15.1. The Morgan fingerprint density at radius 1 is 0.550 bits per heavy atom. The maximum atomic E-state index is 5.88. The normalized spacial score (nSPS) is 10.5. The van der Waals surface area contributed by atoms with E-state index in [1.54, 1.807) is 12.4 Å². The topological polar surface area (TPSA) is 25.8 Å². The number of aromatic nitrogens is 2. The third-order valence-corrected chi connectivity index (χ3v) is 3.44. The summed E-state index contributed by atoms with van der Waals surface area (Å²) < 4.78 is 0. The maximum absolute atomic E-state index is 5.88. The highest BCUT2D eigenvalue weighted by Crippen LogP contribution is 2.22. The molecule has 0 fully saturated rings. The number of benzene rings is 2. The van der Waals surface area contributed by atoms with E-state index < -0.39 is 0 Å². The second-order valence-electron chi connectivity index (χ2n) is 4.31. The summed E-state index contributed by atoms with van der Waals surface area (Å²) in [5.74, 6) is 0.680. The SMILES string of the molecule is Clc1ccc(-c2cnc(-c3ccc(Cl)cc3)nc2)cc1. The van der Waals surface area contributed by atoms with Crippen molar-refractivity contribution in [1.82, 2.24) is 9.97 Å². The van der Waals surface area contributed by atoms with E-state index in [1.807, 2.05) is 48.5 Å². The smallest absolute Gasteiger partial charge is 0.159 e. The minimum atomic E-state index is 0.680. The van der Waals surface area contributed by atoms with Gasteiger partial charge >= 0.3 is 0 Å². The molecule has 0 aliphatic heterocycles. The number of hydrogen-bond donors (Lipinski definition) is 0.